The molecule has 0 spiro atoms. The largest absolute Gasteiger partial charge is 0.481 e. The fourth-order valence-corrected chi connectivity index (χ4v) is 2.31. The third kappa shape index (κ3) is 2.05. The van der Waals surface area contributed by atoms with Gasteiger partial charge in [-0.3, -0.25) is 9.59 Å². The van der Waals surface area contributed by atoms with Crippen LogP contribution in [0.2, 0.25) is 0 Å². The van der Waals surface area contributed by atoms with Gasteiger partial charge in [0.1, 0.15) is 0 Å². The van der Waals surface area contributed by atoms with E-state index in [0.717, 1.165) is 12.8 Å². The van der Waals surface area contributed by atoms with Crippen LogP contribution in [0.1, 0.15) is 26.2 Å². The van der Waals surface area contributed by atoms with Crippen LogP contribution in [0, 0.1) is 17.8 Å². The van der Waals surface area contributed by atoms with Gasteiger partial charge in [0.15, 0.2) is 0 Å². The number of rotatable bonds is 2. The van der Waals surface area contributed by atoms with Gasteiger partial charge >= 0.3 is 5.97 Å². The third-order valence-electron chi connectivity index (χ3n) is 3.09. The van der Waals surface area contributed by atoms with Crippen molar-refractivity contribution >= 4 is 11.9 Å². The number of carboxylic acids is 1. The molecule has 2 N–H and O–H groups in total. The molecule has 1 aliphatic carbocycles. The van der Waals surface area contributed by atoms with Crippen LogP contribution in [0.5, 0.6) is 0 Å². The minimum atomic E-state index is -0.842. The van der Waals surface area contributed by atoms with Gasteiger partial charge in [-0.1, -0.05) is 13.3 Å². The van der Waals surface area contributed by atoms with Crippen molar-refractivity contribution in [3.8, 4) is 0 Å². The highest BCUT2D eigenvalue weighted by Gasteiger charge is 2.39. The van der Waals surface area contributed by atoms with E-state index in [0.29, 0.717) is 6.42 Å². The number of nitrogens with one attached hydrogen (secondary N) is 1. The smallest absolute Gasteiger partial charge is 0.307 e. The summed E-state index contributed by atoms with van der Waals surface area (Å²) in [4.78, 5) is 22.5. The summed E-state index contributed by atoms with van der Waals surface area (Å²) < 4.78 is 0. The highest BCUT2D eigenvalue weighted by Crippen LogP contribution is 2.34. The molecule has 14 heavy (non-hydrogen) atoms. The zero-order chi connectivity index (χ0) is 10.7. The van der Waals surface area contributed by atoms with Gasteiger partial charge in [0.25, 0.3) is 0 Å². The van der Waals surface area contributed by atoms with Crippen molar-refractivity contribution in [2.45, 2.75) is 26.2 Å². The van der Waals surface area contributed by atoms with Crippen LogP contribution in [0.25, 0.3) is 0 Å². The molecule has 0 heterocycles. The van der Waals surface area contributed by atoms with E-state index in [1.54, 1.807) is 7.05 Å². The summed E-state index contributed by atoms with van der Waals surface area (Å²) in [6, 6.07) is 0. The van der Waals surface area contributed by atoms with Crippen molar-refractivity contribution in [1.82, 2.24) is 5.32 Å². The maximum absolute atomic E-state index is 11.5. The van der Waals surface area contributed by atoms with Gasteiger partial charge < -0.3 is 10.4 Å². The molecule has 80 valence electrons. The Labute approximate surface area is 83.7 Å². The van der Waals surface area contributed by atoms with E-state index in [4.69, 9.17) is 5.11 Å². The highest BCUT2D eigenvalue weighted by atomic mass is 16.4. The number of aliphatic carboxylic acids is 1. The number of carbonyl (C=O) groups is 2. The molecule has 4 heteroatoms. The lowest BCUT2D eigenvalue weighted by molar-refractivity contribution is -0.151. The molecule has 3 atom stereocenters. The summed E-state index contributed by atoms with van der Waals surface area (Å²) >= 11 is 0. The number of carbonyl (C=O) groups excluding carboxylic acids is 1. The Bertz CT molecular complexity index is 240. The van der Waals surface area contributed by atoms with Crippen LogP contribution >= 0.6 is 0 Å². The minimum Gasteiger partial charge on any atom is -0.481 e. The molecular formula is C10H17NO3. The van der Waals surface area contributed by atoms with Gasteiger partial charge in [-0.25, -0.2) is 0 Å². The van der Waals surface area contributed by atoms with Gasteiger partial charge in [-0.05, 0) is 18.8 Å². The van der Waals surface area contributed by atoms with E-state index < -0.39 is 11.9 Å². The first kappa shape index (κ1) is 11.0. The molecule has 0 bridgehead atoms. The van der Waals surface area contributed by atoms with Crippen molar-refractivity contribution in [1.29, 1.82) is 0 Å². The van der Waals surface area contributed by atoms with Gasteiger partial charge in [-0.15, -0.1) is 0 Å². The molecule has 0 aromatic heterocycles. The zero-order valence-corrected chi connectivity index (χ0v) is 8.62. The Balaban J connectivity index is 2.79. The summed E-state index contributed by atoms with van der Waals surface area (Å²) in [6.45, 7) is 1.91. The van der Waals surface area contributed by atoms with Crippen LogP contribution in [-0.4, -0.2) is 24.0 Å². The molecule has 1 saturated carbocycles. The summed E-state index contributed by atoms with van der Waals surface area (Å²) in [6.07, 6.45) is 2.55. The van der Waals surface area contributed by atoms with Crippen molar-refractivity contribution in [3.05, 3.63) is 0 Å². The second-order valence-electron chi connectivity index (χ2n) is 3.99. The molecule has 0 aromatic carbocycles. The van der Waals surface area contributed by atoms with Crippen LogP contribution in [0.15, 0.2) is 0 Å². The number of amides is 1. The fraction of sp³-hybridized carbons (Fsp3) is 0.800. The first-order valence-electron chi connectivity index (χ1n) is 5.02. The predicted molar refractivity (Wildman–Crippen MR) is 51.7 cm³/mol. The Kier molecular flexibility index (Phi) is 3.49. The molecule has 0 radical (unpaired) electrons. The lowest BCUT2D eigenvalue weighted by atomic mass is 9.72. The van der Waals surface area contributed by atoms with E-state index in [9.17, 15) is 9.59 Å². The Hall–Kier alpha value is -1.06. The molecule has 1 amide bonds. The summed E-state index contributed by atoms with van der Waals surface area (Å²) in [7, 11) is 1.56. The first-order valence-corrected chi connectivity index (χ1v) is 5.02. The second kappa shape index (κ2) is 4.44. The minimum absolute atomic E-state index is 0.101. The molecule has 3 unspecified atom stereocenters. The summed E-state index contributed by atoms with van der Waals surface area (Å²) in [5, 5.41) is 11.6. The van der Waals surface area contributed by atoms with Crippen LogP contribution in [0.3, 0.4) is 0 Å². The van der Waals surface area contributed by atoms with Gasteiger partial charge in [0.2, 0.25) is 5.91 Å². The lowest BCUT2D eigenvalue weighted by Crippen LogP contribution is -2.41. The fourth-order valence-electron chi connectivity index (χ4n) is 2.31. The normalized spacial score (nSPS) is 32.3. The Morgan fingerprint density at radius 2 is 2.00 bits per heavy atom. The third-order valence-corrected chi connectivity index (χ3v) is 3.09. The van der Waals surface area contributed by atoms with E-state index in [2.05, 4.69) is 5.32 Å². The van der Waals surface area contributed by atoms with Gasteiger partial charge in [0.05, 0.1) is 11.8 Å². The van der Waals surface area contributed by atoms with Crippen molar-refractivity contribution in [3.63, 3.8) is 0 Å². The highest BCUT2D eigenvalue weighted by molar-refractivity contribution is 5.84. The average molecular weight is 199 g/mol. The van der Waals surface area contributed by atoms with Crippen LogP contribution < -0.4 is 5.32 Å². The zero-order valence-electron chi connectivity index (χ0n) is 8.62. The second-order valence-corrected chi connectivity index (χ2v) is 3.99. The molecule has 4 nitrogen and oxygen atoms in total. The molecule has 0 aromatic rings. The summed E-state index contributed by atoms with van der Waals surface area (Å²) in [5.41, 5.74) is 0. The molecule has 0 aliphatic heterocycles. The van der Waals surface area contributed by atoms with E-state index >= 15 is 0 Å². The van der Waals surface area contributed by atoms with Crippen molar-refractivity contribution in [2.24, 2.45) is 17.8 Å². The number of hydrogen-bond acceptors (Lipinski definition) is 2. The number of carboxylic acid groups (broad SMARTS) is 1. The lowest BCUT2D eigenvalue weighted by Gasteiger charge is -2.32. The molecule has 0 saturated heterocycles. The van der Waals surface area contributed by atoms with Gasteiger partial charge in [0, 0.05) is 7.05 Å². The predicted octanol–water partition coefficient (Wildman–Crippen LogP) is 0.869. The monoisotopic (exact) mass is 199 g/mol. The van der Waals surface area contributed by atoms with Gasteiger partial charge in [-0.2, -0.15) is 0 Å². The standard InChI is InChI=1S/C10H17NO3/c1-6-4-3-5-7(9(12)11-2)8(6)10(13)14/h6-8H,3-5H2,1-2H3,(H,11,12)(H,13,14). The molecular weight excluding hydrogens is 182 g/mol. The van der Waals surface area contributed by atoms with E-state index in [1.807, 2.05) is 6.92 Å². The SMILES string of the molecule is CNC(=O)C1CCCC(C)C1C(=O)O. The van der Waals surface area contributed by atoms with E-state index in [1.165, 1.54) is 0 Å². The maximum Gasteiger partial charge on any atom is 0.307 e. The molecule has 1 fully saturated rings. The maximum atomic E-state index is 11.5. The topological polar surface area (TPSA) is 66.4 Å². The van der Waals surface area contributed by atoms with Crippen LogP contribution in [-0.2, 0) is 9.59 Å². The van der Waals surface area contributed by atoms with Crippen molar-refractivity contribution < 1.29 is 14.7 Å². The van der Waals surface area contributed by atoms with E-state index in [-0.39, 0.29) is 17.7 Å². The molecule has 1 aliphatic rings. The Morgan fingerprint density at radius 3 is 2.50 bits per heavy atom. The quantitative estimate of drug-likeness (QED) is 0.693. The first-order chi connectivity index (χ1) is 6.57. The molecule has 1 rings (SSSR count). The number of hydrogen-bond donors (Lipinski definition) is 2. The van der Waals surface area contributed by atoms with Crippen LogP contribution in [0.4, 0.5) is 0 Å². The Morgan fingerprint density at radius 1 is 1.36 bits per heavy atom. The van der Waals surface area contributed by atoms with Crippen molar-refractivity contribution in [2.75, 3.05) is 7.05 Å². The average Bonchev–Trinajstić information content (AvgIpc) is 2.15. The summed E-state index contributed by atoms with van der Waals surface area (Å²) in [5.74, 6) is -1.73.